The number of amides is 2. The van der Waals surface area contributed by atoms with Crippen molar-refractivity contribution in [2.24, 2.45) is 11.8 Å². The van der Waals surface area contributed by atoms with E-state index in [1.54, 1.807) is 24.3 Å². The van der Waals surface area contributed by atoms with Crippen molar-refractivity contribution in [1.82, 2.24) is 4.98 Å². The summed E-state index contributed by atoms with van der Waals surface area (Å²) < 4.78 is 1.03. The minimum Gasteiger partial charge on any atom is -0.481 e. The lowest BCUT2D eigenvalue weighted by Crippen LogP contribution is -2.34. The Kier molecular flexibility index (Phi) is 7.10. The Morgan fingerprint density at radius 3 is 2.67 bits per heavy atom. The molecule has 9 heteroatoms. The van der Waals surface area contributed by atoms with Gasteiger partial charge in [0.2, 0.25) is 11.8 Å². The van der Waals surface area contributed by atoms with Crippen LogP contribution in [0.4, 0.5) is 10.8 Å². The molecule has 2 atom stereocenters. The van der Waals surface area contributed by atoms with Gasteiger partial charge in [-0.1, -0.05) is 35.6 Å². The molecule has 1 aliphatic rings. The first kappa shape index (κ1) is 23.0. The summed E-state index contributed by atoms with van der Waals surface area (Å²) in [5, 5.41) is 15.6. The Hall–Kier alpha value is -3.17. The fourth-order valence-electron chi connectivity index (χ4n) is 3.67. The van der Waals surface area contributed by atoms with Gasteiger partial charge in [-0.2, -0.15) is 0 Å². The number of carboxylic acid groups (broad SMARTS) is 1. The summed E-state index contributed by atoms with van der Waals surface area (Å²) in [6.07, 6.45) is 4.41. The van der Waals surface area contributed by atoms with Crippen molar-refractivity contribution < 1.29 is 19.5 Å². The number of carbonyl (C=O) groups is 3. The van der Waals surface area contributed by atoms with Crippen LogP contribution in [-0.4, -0.2) is 33.6 Å². The summed E-state index contributed by atoms with van der Waals surface area (Å²) >= 11 is 2.79. The molecule has 0 saturated carbocycles. The van der Waals surface area contributed by atoms with Crippen LogP contribution in [0, 0.1) is 18.8 Å². The Labute approximate surface area is 199 Å². The number of nitrogens with one attached hydrogen (secondary N) is 2. The van der Waals surface area contributed by atoms with Crippen LogP contribution in [0.1, 0.15) is 18.4 Å². The number of hydrogen-bond donors (Lipinski definition) is 3. The van der Waals surface area contributed by atoms with E-state index in [1.165, 1.54) is 23.1 Å². The fraction of sp³-hybridized carbons (Fsp3) is 0.250. The van der Waals surface area contributed by atoms with E-state index in [1.807, 2.05) is 37.3 Å². The number of nitrogens with zero attached hydrogens (tertiary/aromatic N) is 1. The average Bonchev–Trinajstić information content (AvgIpc) is 3.19. The normalized spacial score (nSPS) is 17.6. The van der Waals surface area contributed by atoms with E-state index < -0.39 is 17.8 Å². The van der Waals surface area contributed by atoms with Crippen LogP contribution in [0.5, 0.6) is 0 Å². The zero-order valence-corrected chi connectivity index (χ0v) is 19.5. The van der Waals surface area contributed by atoms with Gasteiger partial charge in [0.1, 0.15) is 0 Å². The van der Waals surface area contributed by atoms with E-state index in [-0.39, 0.29) is 17.6 Å². The van der Waals surface area contributed by atoms with Gasteiger partial charge in [-0.25, -0.2) is 4.98 Å². The standard InChI is InChI=1S/C24H23N3O4S2/c1-14-9-10-19-20(11-14)33-24(26-19)27-21(28)13-32-16-6-4-5-15(12-16)25-22(29)17-7-2-3-8-18(17)23(30)31/h2-6,9-12,17-18H,7-8,13H2,1H3,(H,25,29)(H,30,31)(H,26,27,28). The van der Waals surface area contributed by atoms with Gasteiger partial charge in [-0.15, -0.1) is 11.8 Å². The van der Waals surface area contributed by atoms with E-state index in [0.29, 0.717) is 23.7 Å². The highest BCUT2D eigenvalue weighted by atomic mass is 32.2. The van der Waals surface area contributed by atoms with Gasteiger partial charge in [-0.05, 0) is 55.7 Å². The zero-order chi connectivity index (χ0) is 23.4. The second-order valence-electron chi connectivity index (χ2n) is 7.84. The quantitative estimate of drug-likeness (QED) is 0.326. The number of aryl methyl sites for hydroxylation is 1. The average molecular weight is 482 g/mol. The number of carboxylic acids is 1. The number of anilines is 2. The number of aliphatic carboxylic acids is 1. The second kappa shape index (κ2) is 10.2. The van der Waals surface area contributed by atoms with E-state index in [0.717, 1.165) is 20.7 Å². The lowest BCUT2D eigenvalue weighted by Gasteiger charge is -2.24. The SMILES string of the molecule is Cc1ccc2nc(NC(=O)CSc3cccc(NC(=O)C4CC=CCC4C(=O)O)c3)sc2c1. The second-order valence-corrected chi connectivity index (χ2v) is 9.92. The van der Waals surface area contributed by atoms with Crippen LogP contribution >= 0.6 is 23.1 Å². The summed E-state index contributed by atoms with van der Waals surface area (Å²) in [4.78, 5) is 41.8. The molecule has 7 nitrogen and oxygen atoms in total. The van der Waals surface area contributed by atoms with Crippen molar-refractivity contribution in [2.75, 3.05) is 16.4 Å². The third-order valence-electron chi connectivity index (χ3n) is 5.35. The van der Waals surface area contributed by atoms with E-state index >= 15 is 0 Å². The molecule has 2 aromatic carbocycles. The molecule has 2 unspecified atom stereocenters. The van der Waals surface area contributed by atoms with Crippen molar-refractivity contribution in [3.63, 3.8) is 0 Å². The first-order valence-corrected chi connectivity index (χ1v) is 12.3. The van der Waals surface area contributed by atoms with Gasteiger partial charge in [0.05, 0.1) is 27.8 Å². The number of aromatic nitrogens is 1. The third kappa shape index (κ3) is 5.80. The van der Waals surface area contributed by atoms with E-state index in [9.17, 15) is 19.5 Å². The molecule has 1 aliphatic carbocycles. The molecule has 0 bridgehead atoms. The molecule has 0 radical (unpaired) electrons. The van der Waals surface area contributed by atoms with Crippen LogP contribution in [0.3, 0.4) is 0 Å². The smallest absolute Gasteiger partial charge is 0.307 e. The van der Waals surface area contributed by atoms with Crippen molar-refractivity contribution >= 4 is 61.9 Å². The van der Waals surface area contributed by atoms with Gasteiger partial charge in [-0.3, -0.25) is 14.4 Å². The maximum atomic E-state index is 12.7. The molecule has 1 aromatic heterocycles. The number of benzene rings is 2. The van der Waals surface area contributed by atoms with Gasteiger partial charge in [0.25, 0.3) is 0 Å². The molecule has 33 heavy (non-hydrogen) atoms. The molecule has 2 amide bonds. The molecule has 0 aliphatic heterocycles. The molecule has 3 N–H and O–H groups in total. The number of hydrogen-bond acceptors (Lipinski definition) is 6. The number of carbonyl (C=O) groups excluding carboxylic acids is 2. The molecule has 170 valence electrons. The van der Waals surface area contributed by atoms with E-state index in [4.69, 9.17) is 0 Å². The van der Waals surface area contributed by atoms with Crippen molar-refractivity contribution in [3.8, 4) is 0 Å². The molecule has 0 saturated heterocycles. The largest absolute Gasteiger partial charge is 0.481 e. The number of fused-ring (bicyclic) bond motifs is 1. The molecule has 4 rings (SSSR count). The van der Waals surface area contributed by atoms with Crippen LogP contribution in [-0.2, 0) is 14.4 Å². The minimum atomic E-state index is -0.960. The third-order valence-corrected chi connectivity index (χ3v) is 7.28. The Bertz CT molecular complexity index is 1240. The molecule has 0 fully saturated rings. The van der Waals surface area contributed by atoms with Crippen LogP contribution in [0.2, 0.25) is 0 Å². The lowest BCUT2D eigenvalue weighted by molar-refractivity contribution is -0.146. The number of thiazole rings is 1. The maximum Gasteiger partial charge on any atom is 0.307 e. The van der Waals surface area contributed by atoms with Gasteiger partial charge in [0.15, 0.2) is 5.13 Å². The molecule has 3 aromatic rings. The number of rotatable bonds is 7. The van der Waals surface area contributed by atoms with Crippen molar-refractivity contribution in [1.29, 1.82) is 0 Å². The Balaban J connectivity index is 1.33. The number of thioether (sulfide) groups is 1. The molecular formula is C24H23N3O4S2. The summed E-state index contributed by atoms with van der Waals surface area (Å²) in [5.41, 5.74) is 2.58. The summed E-state index contributed by atoms with van der Waals surface area (Å²) in [6.45, 7) is 2.02. The Morgan fingerprint density at radius 1 is 1.09 bits per heavy atom. The highest BCUT2D eigenvalue weighted by Crippen LogP contribution is 2.29. The zero-order valence-electron chi connectivity index (χ0n) is 17.9. The molecular weight excluding hydrogens is 458 g/mol. The predicted molar refractivity (Wildman–Crippen MR) is 132 cm³/mol. The van der Waals surface area contributed by atoms with Gasteiger partial charge in [0, 0.05) is 10.6 Å². The summed E-state index contributed by atoms with van der Waals surface area (Å²) in [7, 11) is 0. The van der Waals surface area contributed by atoms with Crippen LogP contribution in [0.25, 0.3) is 10.2 Å². The highest BCUT2D eigenvalue weighted by molar-refractivity contribution is 8.00. The van der Waals surface area contributed by atoms with Crippen molar-refractivity contribution in [2.45, 2.75) is 24.7 Å². The Morgan fingerprint density at radius 2 is 1.88 bits per heavy atom. The summed E-state index contributed by atoms with van der Waals surface area (Å²) in [5.74, 6) is -2.56. The monoisotopic (exact) mass is 481 g/mol. The first-order valence-electron chi connectivity index (χ1n) is 10.5. The fourth-order valence-corrected chi connectivity index (χ4v) is 5.40. The van der Waals surface area contributed by atoms with Gasteiger partial charge >= 0.3 is 5.97 Å². The predicted octanol–water partition coefficient (Wildman–Crippen LogP) is 4.94. The van der Waals surface area contributed by atoms with E-state index in [2.05, 4.69) is 15.6 Å². The van der Waals surface area contributed by atoms with Crippen LogP contribution < -0.4 is 10.6 Å². The lowest BCUT2D eigenvalue weighted by atomic mass is 9.82. The summed E-state index contributed by atoms with van der Waals surface area (Å²) in [6, 6.07) is 13.2. The highest BCUT2D eigenvalue weighted by Gasteiger charge is 2.33. The van der Waals surface area contributed by atoms with Crippen molar-refractivity contribution in [3.05, 3.63) is 60.2 Å². The molecule has 1 heterocycles. The molecule has 0 spiro atoms. The van der Waals surface area contributed by atoms with Crippen LogP contribution in [0.15, 0.2) is 59.5 Å². The first-order chi connectivity index (χ1) is 15.9. The topological polar surface area (TPSA) is 108 Å². The minimum absolute atomic E-state index is 0.163. The maximum absolute atomic E-state index is 12.7. The van der Waals surface area contributed by atoms with Gasteiger partial charge < -0.3 is 15.7 Å². The number of allylic oxidation sites excluding steroid dienone is 2.